The summed E-state index contributed by atoms with van der Waals surface area (Å²) in [5, 5.41) is 10.0. The van der Waals surface area contributed by atoms with Gasteiger partial charge in [-0.25, -0.2) is 0 Å². The largest absolute Gasteiger partial charge is 0.481 e. The van der Waals surface area contributed by atoms with Crippen LogP contribution in [0.4, 0.5) is 0 Å². The number of benzene rings is 2. The topological polar surface area (TPSA) is 49.8 Å². The Morgan fingerprint density at radius 2 is 1.72 bits per heavy atom. The van der Waals surface area contributed by atoms with Crippen LogP contribution in [0, 0.1) is 5.92 Å². The van der Waals surface area contributed by atoms with Crippen LogP contribution in [0.5, 0.6) is 11.5 Å². The number of piperidine rings is 3. The van der Waals surface area contributed by atoms with E-state index in [2.05, 4.69) is 11.0 Å². The SMILES string of the molecule is O=C(O)C1c2ccccc2Oc2cccc(C3CN4CCC3CC4)c21. The first-order valence-corrected chi connectivity index (χ1v) is 9.07. The van der Waals surface area contributed by atoms with E-state index in [1.54, 1.807) is 0 Å². The van der Waals surface area contributed by atoms with Crippen molar-refractivity contribution in [1.82, 2.24) is 4.90 Å². The predicted molar refractivity (Wildman–Crippen MR) is 94.3 cm³/mol. The van der Waals surface area contributed by atoms with Crippen molar-refractivity contribution >= 4 is 5.97 Å². The molecule has 0 spiro atoms. The molecule has 4 nitrogen and oxygen atoms in total. The molecule has 2 aromatic rings. The molecule has 2 atom stereocenters. The van der Waals surface area contributed by atoms with Gasteiger partial charge >= 0.3 is 5.97 Å². The van der Waals surface area contributed by atoms with Crippen LogP contribution in [0.3, 0.4) is 0 Å². The molecule has 4 heteroatoms. The van der Waals surface area contributed by atoms with Gasteiger partial charge in [0, 0.05) is 17.7 Å². The first kappa shape index (κ1) is 15.0. The normalized spacial score (nSPS) is 29.4. The van der Waals surface area contributed by atoms with Crippen molar-refractivity contribution in [3.05, 3.63) is 59.2 Å². The predicted octanol–water partition coefficient (Wildman–Crippen LogP) is 3.82. The minimum Gasteiger partial charge on any atom is -0.481 e. The maximum absolute atomic E-state index is 12.2. The van der Waals surface area contributed by atoms with Gasteiger partial charge in [-0.05, 0) is 55.5 Å². The second kappa shape index (κ2) is 5.60. The van der Waals surface area contributed by atoms with Gasteiger partial charge in [0.1, 0.15) is 17.4 Å². The molecule has 25 heavy (non-hydrogen) atoms. The zero-order chi connectivity index (χ0) is 17.0. The Bertz CT molecular complexity index is 839. The highest BCUT2D eigenvalue weighted by Crippen LogP contribution is 2.50. The van der Waals surface area contributed by atoms with Crippen molar-refractivity contribution in [1.29, 1.82) is 0 Å². The van der Waals surface area contributed by atoms with E-state index in [1.165, 1.54) is 31.5 Å². The molecule has 0 saturated carbocycles. The third-order valence-electron chi connectivity index (χ3n) is 6.14. The monoisotopic (exact) mass is 335 g/mol. The summed E-state index contributed by atoms with van der Waals surface area (Å²) in [6.07, 6.45) is 2.42. The summed E-state index contributed by atoms with van der Waals surface area (Å²) in [6.45, 7) is 3.39. The van der Waals surface area contributed by atoms with Crippen LogP contribution in [0.15, 0.2) is 42.5 Å². The van der Waals surface area contributed by atoms with Gasteiger partial charge < -0.3 is 14.7 Å². The van der Waals surface area contributed by atoms with Gasteiger partial charge in [0.2, 0.25) is 0 Å². The lowest BCUT2D eigenvalue weighted by atomic mass is 9.72. The molecule has 0 aromatic heterocycles. The van der Waals surface area contributed by atoms with E-state index >= 15 is 0 Å². The molecule has 2 aromatic carbocycles. The smallest absolute Gasteiger partial charge is 0.315 e. The zero-order valence-corrected chi connectivity index (χ0v) is 14.0. The van der Waals surface area contributed by atoms with Crippen molar-refractivity contribution < 1.29 is 14.6 Å². The van der Waals surface area contributed by atoms with Crippen molar-refractivity contribution in [2.24, 2.45) is 5.92 Å². The second-order valence-corrected chi connectivity index (χ2v) is 7.41. The number of ether oxygens (including phenoxy) is 1. The summed E-state index contributed by atoms with van der Waals surface area (Å²) in [5.41, 5.74) is 2.80. The minimum absolute atomic E-state index is 0.410. The zero-order valence-electron chi connectivity index (χ0n) is 14.0. The van der Waals surface area contributed by atoms with Gasteiger partial charge in [0.25, 0.3) is 0 Å². The summed E-state index contributed by atoms with van der Waals surface area (Å²) in [7, 11) is 0. The third-order valence-corrected chi connectivity index (χ3v) is 6.14. The lowest BCUT2D eigenvalue weighted by Gasteiger charge is -2.46. The molecular weight excluding hydrogens is 314 g/mol. The summed E-state index contributed by atoms with van der Waals surface area (Å²) < 4.78 is 6.09. The number of carbonyl (C=O) groups is 1. The van der Waals surface area contributed by atoms with E-state index < -0.39 is 11.9 Å². The first-order chi connectivity index (χ1) is 12.2. The average Bonchev–Trinajstić information content (AvgIpc) is 2.66. The second-order valence-electron chi connectivity index (χ2n) is 7.41. The molecule has 2 unspecified atom stereocenters. The van der Waals surface area contributed by atoms with Gasteiger partial charge in [0.15, 0.2) is 0 Å². The highest BCUT2D eigenvalue weighted by Gasteiger charge is 2.40. The van der Waals surface area contributed by atoms with E-state index in [1.807, 2.05) is 36.4 Å². The fraction of sp³-hybridized carbons (Fsp3) is 0.381. The molecule has 6 rings (SSSR count). The molecule has 4 heterocycles. The van der Waals surface area contributed by atoms with Crippen molar-refractivity contribution in [3.63, 3.8) is 0 Å². The summed E-state index contributed by atoms with van der Waals surface area (Å²) in [6, 6.07) is 13.6. The van der Waals surface area contributed by atoms with E-state index in [0.29, 0.717) is 23.3 Å². The number of aliphatic carboxylic acids is 1. The standard InChI is InChI=1S/C21H21NO3/c23-21(24)20-15-4-1-2-6-17(15)25-18-7-3-5-14(19(18)20)16-12-22-10-8-13(16)9-11-22/h1-7,13,16,20H,8-12H2,(H,23,24). The number of carboxylic acid groups (broad SMARTS) is 1. The van der Waals surface area contributed by atoms with E-state index in [0.717, 1.165) is 17.7 Å². The van der Waals surface area contributed by atoms with Gasteiger partial charge in [-0.3, -0.25) is 4.79 Å². The molecule has 1 N–H and O–H groups in total. The quantitative estimate of drug-likeness (QED) is 0.906. The van der Waals surface area contributed by atoms with Crippen molar-refractivity contribution in [2.75, 3.05) is 19.6 Å². The van der Waals surface area contributed by atoms with Gasteiger partial charge in [-0.1, -0.05) is 30.3 Å². The number of rotatable bonds is 2. The number of fused-ring (bicyclic) bond motifs is 5. The third kappa shape index (κ3) is 2.28. The van der Waals surface area contributed by atoms with Crippen LogP contribution >= 0.6 is 0 Å². The Labute approximate surface area is 147 Å². The number of hydrogen-bond acceptors (Lipinski definition) is 3. The molecule has 3 saturated heterocycles. The Hall–Kier alpha value is -2.33. The maximum Gasteiger partial charge on any atom is 0.315 e. The molecule has 0 radical (unpaired) electrons. The van der Waals surface area contributed by atoms with Crippen LogP contribution in [-0.4, -0.2) is 35.6 Å². The molecule has 2 bridgehead atoms. The maximum atomic E-state index is 12.2. The number of hydrogen-bond donors (Lipinski definition) is 1. The van der Waals surface area contributed by atoms with Gasteiger partial charge in [-0.2, -0.15) is 0 Å². The average molecular weight is 335 g/mol. The van der Waals surface area contributed by atoms with Crippen molar-refractivity contribution in [3.8, 4) is 11.5 Å². The lowest BCUT2D eigenvalue weighted by molar-refractivity contribution is -0.137. The van der Waals surface area contributed by atoms with E-state index in [9.17, 15) is 9.90 Å². The highest BCUT2D eigenvalue weighted by molar-refractivity contribution is 5.84. The van der Waals surface area contributed by atoms with Crippen LogP contribution in [0.2, 0.25) is 0 Å². The van der Waals surface area contributed by atoms with E-state index in [-0.39, 0.29) is 0 Å². The number of carboxylic acids is 1. The van der Waals surface area contributed by atoms with Gasteiger partial charge in [-0.15, -0.1) is 0 Å². The Kier molecular flexibility index (Phi) is 3.35. The Balaban J connectivity index is 1.66. The summed E-state index contributed by atoms with van der Waals surface area (Å²) in [4.78, 5) is 14.7. The van der Waals surface area contributed by atoms with Gasteiger partial charge in [0.05, 0.1) is 0 Å². The van der Waals surface area contributed by atoms with E-state index in [4.69, 9.17) is 4.74 Å². The molecule has 0 aliphatic carbocycles. The molecule has 3 fully saturated rings. The lowest BCUT2D eigenvalue weighted by Crippen LogP contribution is -2.46. The first-order valence-electron chi connectivity index (χ1n) is 9.07. The summed E-state index contributed by atoms with van der Waals surface area (Å²) in [5.74, 6) is 0.988. The van der Waals surface area contributed by atoms with Crippen LogP contribution in [0.25, 0.3) is 0 Å². The van der Waals surface area contributed by atoms with Crippen molar-refractivity contribution in [2.45, 2.75) is 24.7 Å². The fourth-order valence-electron chi connectivity index (χ4n) is 4.94. The number of nitrogens with zero attached hydrogens (tertiary/aromatic N) is 1. The van der Waals surface area contributed by atoms with Crippen LogP contribution in [0.1, 0.15) is 41.4 Å². The fourth-order valence-corrected chi connectivity index (χ4v) is 4.94. The summed E-state index contributed by atoms with van der Waals surface area (Å²) >= 11 is 0. The minimum atomic E-state index is -0.800. The van der Waals surface area contributed by atoms with Crippen LogP contribution in [-0.2, 0) is 4.79 Å². The molecule has 4 aliphatic rings. The molecule has 128 valence electrons. The number of para-hydroxylation sites is 1. The van der Waals surface area contributed by atoms with Crippen LogP contribution < -0.4 is 4.74 Å². The molecular formula is C21H21NO3. The molecule has 0 amide bonds. The Morgan fingerprint density at radius 1 is 1.00 bits per heavy atom. The highest BCUT2D eigenvalue weighted by atomic mass is 16.5. The Morgan fingerprint density at radius 3 is 2.44 bits per heavy atom. The molecule has 4 aliphatic heterocycles.